The minimum atomic E-state index is -1.32. The molecule has 0 aliphatic carbocycles. The summed E-state index contributed by atoms with van der Waals surface area (Å²) in [4.78, 5) is 19.1. The number of nitrogens with one attached hydrogen (secondary N) is 1. The molecule has 8 heteroatoms. The molecule has 5 rings (SSSR count). The molecule has 4 aromatic carbocycles. The predicted molar refractivity (Wildman–Crippen MR) is 172 cm³/mol. The first kappa shape index (κ1) is 30.4. The zero-order valence-electron chi connectivity index (χ0n) is 23.5. The number of benzene rings is 4. The molecule has 2 N–H and O–H groups in total. The summed E-state index contributed by atoms with van der Waals surface area (Å²) in [5.74, 6) is 0.703. The molecular weight excluding hydrogens is 583 g/mol. The maximum absolute atomic E-state index is 14.1. The largest absolute Gasteiger partial charge is 0.494 e. The number of halogens is 2. The van der Waals surface area contributed by atoms with Crippen LogP contribution in [0.15, 0.2) is 115 Å². The second-order valence-corrected chi connectivity index (χ2v) is 11.0. The molecule has 0 unspecified atom stereocenters. The quantitative estimate of drug-likeness (QED) is 0.127. The molecule has 0 fully saturated rings. The van der Waals surface area contributed by atoms with Gasteiger partial charge in [-0.25, -0.2) is 4.99 Å². The molecule has 6 nitrogen and oxygen atoms in total. The van der Waals surface area contributed by atoms with Gasteiger partial charge in [-0.2, -0.15) is 0 Å². The van der Waals surface area contributed by atoms with E-state index in [0.29, 0.717) is 40.3 Å². The Hall–Kier alpha value is -4.10. The van der Waals surface area contributed by atoms with Gasteiger partial charge in [0.15, 0.2) is 11.6 Å². The second kappa shape index (κ2) is 13.9. The summed E-state index contributed by atoms with van der Waals surface area (Å²) in [6.07, 6.45) is 1.76. The number of aliphatic hydroxyl groups excluding tert-OH is 1. The van der Waals surface area contributed by atoms with Gasteiger partial charge >= 0.3 is 0 Å². The van der Waals surface area contributed by atoms with Gasteiger partial charge < -0.3 is 19.9 Å². The Bertz CT molecular complexity index is 1590. The van der Waals surface area contributed by atoms with Crippen molar-refractivity contribution in [2.45, 2.75) is 31.0 Å². The molecule has 220 valence electrons. The number of amides is 1. The standard InChI is InChI=1S/C35H32Cl2N2O4/c1-2-19-35(34(41)38-23-28-13-16-29(36)22-31(28)37)32(26-11-9-25(10-12-26)24-7-4-3-5-8-24)43-33(39-35)27-14-17-30(18-15-27)42-21-6-20-40/h2-5,7-18,22,32,40H,1,6,19-21,23H2,(H,38,41)/t32-,35-/m1/s1. The lowest BCUT2D eigenvalue weighted by atomic mass is 9.84. The lowest BCUT2D eigenvalue weighted by Gasteiger charge is -2.30. The van der Waals surface area contributed by atoms with E-state index in [1.54, 1.807) is 24.3 Å². The van der Waals surface area contributed by atoms with Crippen molar-refractivity contribution in [2.24, 2.45) is 4.99 Å². The van der Waals surface area contributed by atoms with Gasteiger partial charge in [-0.1, -0.05) is 89.9 Å². The van der Waals surface area contributed by atoms with E-state index in [9.17, 15) is 4.79 Å². The highest BCUT2D eigenvalue weighted by Gasteiger charge is 2.52. The second-order valence-electron chi connectivity index (χ2n) is 10.2. The zero-order chi connectivity index (χ0) is 30.2. The Morgan fingerprint density at radius 3 is 2.35 bits per heavy atom. The molecule has 0 saturated heterocycles. The fourth-order valence-corrected chi connectivity index (χ4v) is 5.49. The van der Waals surface area contributed by atoms with Crippen LogP contribution in [0.4, 0.5) is 0 Å². The highest BCUT2D eigenvalue weighted by Crippen LogP contribution is 2.43. The maximum atomic E-state index is 14.1. The van der Waals surface area contributed by atoms with Crippen molar-refractivity contribution in [2.75, 3.05) is 13.2 Å². The molecule has 0 radical (unpaired) electrons. The predicted octanol–water partition coefficient (Wildman–Crippen LogP) is 7.57. The van der Waals surface area contributed by atoms with Crippen molar-refractivity contribution < 1.29 is 19.4 Å². The topological polar surface area (TPSA) is 80.2 Å². The van der Waals surface area contributed by atoms with Crippen LogP contribution in [0.2, 0.25) is 10.0 Å². The number of nitrogens with zero attached hydrogens (tertiary/aromatic N) is 1. The van der Waals surface area contributed by atoms with Crippen LogP contribution in [0.1, 0.15) is 35.6 Å². The highest BCUT2D eigenvalue weighted by atomic mass is 35.5. The number of ether oxygens (including phenoxy) is 2. The van der Waals surface area contributed by atoms with Crippen LogP contribution in [0.3, 0.4) is 0 Å². The summed E-state index contributed by atoms with van der Waals surface area (Å²) >= 11 is 12.5. The van der Waals surface area contributed by atoms with Gasteiger partial charge in [-0.3, -0.25) is 4.79 Å². The average Bonchev–Trinajstić information content (AvgIpc) is 3.42. The van der Waals surface area contributed by atoms with Crippen LogP contribution in [0, 0.1) is 0 Å². The normalized spacial score (nSPS) is 17.6. The van der Waals surface area contributed by atoms with Crippen molar-refractivity contribution >= 4 is 35.0 Å². The molecule has 1 amide bonds. The average molecular weight is 616 g/mol. The van der Waals surface area contributed by atoms with Crippen molar-refractivity contribution in [3.63, 3.8) is 0 Å². The molecule has 0 saturated carbocycles. The first-order valence-corrected chi connectivity index (χ1v) is 14.8. The highest BCUT2D eigenvalue weighted by molar-refractivity contribution is 6.35. The number of aliphatic hydroxyl groups is 1. The van der Waals surface area contributed by atoms with Crippen molar-refractivity contribution in [3.8, 4) is 16.9 Å². The van der Waals surface area contributed by atoms with Crippen molar-refractivity contribution in [1.82, 2.24) is 5.32 Å². The summed E-state index contributed by atoms with van der Waals surface area (Å²) in [5, 5.41) is 13.0. The SMILES string of the molecule is C=CC[C@@]1(C(=O)NCc2ccc(Cl)cc2Cl)N=C(c2ccc(OCCCO)cc2)O[C@@H]1c1ccc(-c2ccccc2)cc1. The van der Waals surface area contributed by atoms with E-state index in [1.165, 1.54) is 0 Å². The minimum absolute atomic E-state index is 0.0636. The zero-order valence-corrected chi connectivity index (χ0v) is 25.0. The van der Waals surface area contributed by atoms with Gasteiger partial charge in [0, 0.05) is 41.6 Å². The Balaban J connectivity index is 1.48. The summed E-state index contributed by atoms with van der Waals surface area (Å²) in [5.41, 5.74) is 3.08. The third kappa shape index (κ3) is 6.94. The molecular formula is C35H32Cl2N2O4. The molecule has 1 heterocycles. The Morgan fingerprint density at radius 1 is 0.977 bits per heavy atom. The summed E-state index contributed by atoms with van der Waals surface area (Å²) in [6, 6.07) is 30.6. The first-order valence-electron chi connectivity index (χ1n) is 14.0. The monoisotopic (exact) mass is 614 g/mol. The Kier molecular flexibility index (Phi) is 9.82. The van der Waals surface area contributed by atoms with Crippen LogP contribution in [0.5, 0.6) is 5.75 Å². The third-order valence-corrected chi connectivity index (χ3v) is 7.85. The van der Waals surface area contributed by atoms with Crippen molar-refractivity contribution in [3.05, 3.63) is 136 Å². The van der Waals surface area contributed by atoms with Gasteiger partial charge in [0.2, 0.25) is 5.90 Å². The van der Waals surface area contributed by atoms with E-state index in [1.807, 2.05) is 66.7 Å². The van der Waals surface area contributed by atoms with E-state index >= 15 is 0 Å². The van der Waals surface area contributed by atoms with Gasteiger partial charge in [0.25, 0.3) is 5.91 Å². The molecule has 4 aromatic rings. The van der Waals surface area contributed by atoms with Crippen LogP contribution in [0.25, 0.3) is 11.1 Å². The number of rotatable bonds is 12. The molecule has 0 aromatic heterocycles. The van der Waals surface area contributed by atoms with Crippen LogP contribution < -0.4 is 10.1 Å². The van der Waals surface area contributed by atoms with Gasteiger partial charge in [0.05, 0.1) is 6.61 Å². The number of hydrogen-bond acceptors (Lipinski definition) is 5. The molecule has 0 spiro atoms. The van der Waals surface area contributed by atoms with Gasteiger partial charge in [-0.15, -0.1) is 6.58 Å². The molecule has 0 bridgehead atoms. The minimum Gasteiger partial charge on any atom is -0.494 e. The van der Waals surface area contributed by atoms with Gasteiger partial charge in [-0.05, 0) is 58.7 Å². The summed E-state index contributed by atoms with van der Waals surface area (Å²) in [7, 11) is 0. The summed E-state index contributed by atoms with van der Waals surface area (Å²) in [6.45, 7) is 4.61. The van der Waals surface area contributed by atoms with E-state index in [2.05, 4.69) is 24.0 Å². The van der Waals surface area contributed by atoms with E-state index in [0.717, 1.165) is 22.3 Å². The van der Waals surface area contributed by atoms with Crippen molar-refractivity contribution in [1.29, 1.82) is 0 Å². The number of aliphatic imine (C=N–C) groups is 1. The van der Waals surface area contributed by atoms with E-state index < -0.39 is 11.6 Å². The Morgan fingerprint density at radius 2 is 1.67 bits per heavy atom. The first-order chi connectivity index (χ1) is 20.9. The third-order valence-electron chi connectivity index (χ3n) is 7.26. The lowest BCUT2D eigenvalue weighted by molar-refractivity contribution is -0.129. The van der Waals surface area contributed by atoms with E-state index in [-0.39, 0.29) is 25.5 Å². The number of carbonyl (C=O) groups excluding carboxylic acids is 1. The molecule has 1 aliphatic rings. The molecule has 2 atom stereocenters. The molecule has 1 aliphatic heterocycles. The van der Waals surface area contributed by atoms with Gasteiger partial charge in [0.1, 0.15) is 5.75 Å². The van der Waals surface area contributed by atoms with Crippen LogP contribution in [-0.2, 0) is 16.1 Å². The number of carbonyl (C=O) groups is 1. The summed E-state index contributed by atoms with van der Waals surface area (Å²) < 4.78 is 12.2. The smallest absolute Gasteiger partial charge is 0.252 e. The molecule has 43 heavy (non-hydrogen) atoms. The van der Waals surface area contributed by atoms with Crippen LogP contribution in [-0.4, -0.2) is 35.7 Å². The van der Waals surface area contributed by atoms with E-state index in [4.69, 9.17) is 42.8 Å². The number of hydrogen-bond donors (Lipinski definition) is 2. The van der Waals surface area contributed by atoms with Crippen LogP contribution >= 0.6 is 23.2 Å². The maximum Gasteiger partial charge on any atom is 0.252 e. The fraction of sp³-hybridized carbons (Fsp3) is 0.200. The fourth-order valence-electron chi connectivity index (χ4n) is 5.01. The Labute approximate surface area is 261 Å². The lowest BCUT2D eigenvalue weighted by Crippen LogP contribution is -2.47.